The van der Waals surface area contributed by atoms with E-state index in [1.807, 2.05) is 17.5 Å². The van der Waals surface area contributed by atoms with Crippen molar-refractivity contribution in [1.82, 2.24) is 30.2 Å². The Kier molecular flexibility index (Phi) is 4.50. The van der Waals surface area contributed by atoms with Crippen molar-refractivity contribution in [3.8, 4) is 0 Å². The molecule has 1 N–H and O–H groups in total. The van der Waals surface area contributed by atoms with Crippen molar-refractivity contribution in [2.75, 3.05) is 23.3 Å². The maximum absolute atomic E-state index is 12.6. The lowest BCUT2D eigenvalue weighted by Crippen LogP contribution is -2.38. The Morgan fingerprint density at radius 3 is 2.74 bits per heavy atom. The number of amides is 1. The molecule has 0 radical (unpaired) electrons. The largest absolute Gasteiger partial charge is 0.355 e. The number of hydrogen-bond donors (Lipinski definition) is 1. The van der Waals surface area contributed by atoms with Gasteiger partial charge in [0, 0.05) is 29.8 Å². The molecule has 0 saturated carbocycles. The molecule has 1 aliphatic heterocycles. The SMILES string of the molecule is CC(C)(C)c1csc(NC(=O)C2CCN(c3ccc4nnnn4n3)CC2)n1. The molecule has 27 heavy (non-hydrogen) atoms. The van der Waals surface area contributed by atoms with Gasteiger partial charge in [-0.1, -0.05) is 20.8 Å². The maximum atomic E-state index is 12.6. The second-order valence-electron chi connectivity index (χ2n) is 7.76. The molecule has 0 atom stereocenters. The standard InChI is InChI=1S/C17H22N8OS/c1-17(2,3)12-10-27-16(18-12)19-15(26)11-6-8-24(9-7-11)14-5-4-13-20-22-23-25(13)21-14/h4-5,10-11H,6-9H2,1-3H3,(H,18,19,26). The van der Waals surface area contributed by atoms with E-state index in [2.05, 4.69) is 56.6 Å². The number of fused-ring (bicyclic) bond motifs is 1. The van der Waals surface area contributed by atoms with Crippen LogP contribution in [0.5, 0.6) is 0 Å². The highest BCUT2D eigenvalue weighted by Gasteiger charge is 2.27. The lowest BCUT2D eigenvalue weighted by atomic mass is 9.93. The summed E-state index contributed by atoms with van der Waals surface area (Å²) in [5.41, 5.74) is 1.60. The van der Waals surface area contributed by atoms with Crippen molar-refractivity contribution in [1.29, 1.82) is 0 Å². The summed E-state index contributed by atoms with van der Waals surface area (Å²) in [6, 6.07) is 3.76. The number of nitrogens with one attached hydrogen (secondary N) is 1. The Bertz CT molecular complexity index is 951. The first kappa shape index (κ1) is 17.8. The van der Waals surface area contributed by atoms with E-state index >= 15 is 0 Å². The molecule has 9 nitrogen and oxygen atoms in total. The van der Waals surface area contributed by atoms with Gasteiger partial charge in [0.05, 0.1) is 5.69 Å². The van der Waals surface area contributed by atoms with E-state index in [-0.39, 0.29) is 17.2 Å². The predicted molar refractivity (Wildman–Crippen MR) is 103 cm³/mol. The zero-order chi connectivity index (χ0) is 19.0. The second kappa shape index (κ2) is 6.84. The number of piperidine rings is 1. The van der Waals surface area contributed by atoms with Gasteiger partial charge in [-0.15, -0.1) is 26.2 Å². The first-order valence-electron chi connectivity index (χ1n) is 8.97. The predicted octanol–water partition coefficient (Wildman–Crippen LogP) is 2.13. The number of nitrogens with zero attached hydrogens (tertiary/aromatic N) is 7. The van der Waals surface area contributed by atoms with Crippen LogP contribution in [-0.2, 0) is 10.2 Å². The summed E-state index contributed by atoms with van der Waals surface area (Å²) in [6.07, 6.45) is 1.55. The molecule has 10 heteroatoms. The number of rotatable bonds is 3. The van der Waals surface area contributed by atoms with Gasteiger partial charge in [0.1, 0.15) is 0 Å². The van der Waals surface area contributed by atoms with Crippen LogP contribution in [0.25, 0.3) is 5.65 Å². The fourth-order valence-electron chi connectivity index (χ4n) is 3.06. The molecular formula is C17H22N8OS. The van der Waals surface area contributed by atoms with Crippen LogP contribution in [0.4, 0.5) is 10.9 Å². The molecule has 4 heterocycles. The molecule has 0 bridgehead atoms. The number of carbonyl (C=O) groups excluding carboxylic acids is 1. The summed E-state index contributed by atoms with van der Waals surface area (Å²) in [5.74, 6) is 0.858. The van der Waals surface area contributed by atoms with Gasteiger partial charge in [-0.3, -0.25) is 4.79 Å². The van der Waals surface area contributed by atoms with Gasteiger partial charge in [-0.05, 0) is 35.4 Å². The number of thiazole rings is 1. The van der Waals surface area contributed by atoms with Gasteiger partial charge in [0.15, 0.2) is 16.6 Å². The summed E-state index contributed by atoms with van der Waals surface area (Å²) in [7, 11) is 0. The lowest BCUT2D eigenvalue weighted by Gasteiger charge is -2.31. The third-order valence-corrected chi connectivity index (χ3v) is 5.51. The highest BCUT2D eigenvalue weighted by Crippen LogP contribution is 2.28. The van der Waals surface area contributed by atoms with Crippen LogP contribution in [0.3, 0.4) is 0 Å². The van der Waals surface area contributed by atoms with E-state index in [1.54, 1.807) is 0 Å². The average molecular weight is 386 g/mol. The first-order valence-corrected chi connectivity index (χ1v) is 9.85. The smallest absolute Gasteiger partial charge is 0.229 e. The topological polar surface area (TPSA) is 101 Å². The monoisotopic (exact) mass is 386 g/mol. The van der Waals surface area contributed by atoms with Gasteiger partial charge >= 0.3 is 0 Å². The summed E-state index contributed by atoms with van der Waals surface area (Å²) in [5, 5.41) is 21.4. The molecule has 142 valence electrons. The first-order chi connectivity index (χ1) is 12.9. The zero-order valence-electron chi connectivity index (χ0n) is 15.6. The van der Waals surface area contributed by atoms with Gasteiger partial charge in [-0.25, -0.2) is 4.98 Å². The summed E-state index contributed by atoms with van der Waals surface area (Å²) < 4.78 is 1.42. The van der Waals surface area contributed by atoms with Crippen molar-refractivity contribution in [2.45, 2.75) is 39.0 Å². The van der Waals surface area contributed by atoms with Gasteiger partial charge < -0.3 is 10.2 Å². The molecule has 0 spiro atoms. The van der Waals surface area contributed by atoms with Gasteiger partial charge in [0.2, 0.25) is 5.91 Å². The molecule has 3 aromatic rings. The molecule has 1 aliphatic rings. The van der Waals surface area contributed by atoms with Crippen LogP contribution in [0.15, 0.2) is 17.5 Å². The van der Waals surface area contributed by atoms with E-state index in [9.17, 15) is 4.79 Å². The quantitative estimate of drug-likeness (QED) is 0.736. The highest BCUT2D eigenvalue weighted by atomic mass is 32.1. The number of carbonyl (C=O) groups is 1. The van der Waals surface area contributed by atoms with Crippen LogP contribution in [0.1, 0.15) is 39.3 Å². The molecule has 0 unspecified atom stereocenters. The normalized spacial score (nSPS) is 16.0. The van der Waals surface area contributed by atoms with Crippen LogP contribution in [-0.4, -0.2) is 49.2 Å². The summed E-state index contributed by atoms with van der Waals surface area (Å²) >= 11 is 1.48. The number of tetrazole rings is 1. The van der Waals surface area contributed by atoms with E-state index in [0.29, 0.717) is 10.8 Å². The van der Waals surface area contributed by atoms with E-state index in [0.717, 1.165) is 37.4 Å². The van der Waals surface area contributed by atoms with Gasteiger partial charge in [0.25, 0.3) is 0 Å². The third-order valence-electron chi connectivity index (χ3n) is 4.75. The minimum absolute atomic E-state index is 0.0139. The fraction of sp³-hybridized carbons (Fsp3) is 0.529. The highest BCUT2D eigenvalue weighted by molar-refractivity contribution is 7.13. The van der Waals surface area contributed by atoms with Gasteiger partial charge in [-0.2, -0.15) is 0 Å². The van der Waals surface area contributed by atoms with Crippen molar-refractivity contribution >= 4 is 33.8 Å². The molecule has 0 aliphatic carbocycles. The van der Waals surface area contributed by atoms with Crippen molar-refractivity contribution < 1.29 is 4.79 Å². The van der Waals surface area contributed by atoms with E-state index < -0.39 is 0 Å². The van der Waals surface area contributed by atoms with Crippen LogP contribution in [0.2, 0.25) is 0 Å². The Morgan fingerprint density at radius 2 is 2.04 bits per heavy atom. The minimum atomic E-state index is -0.0153. The van der Waals surface area contributed by atoms with Crippen LogP contribution < -0.4 is 10.2 Å². The van der Waals surface area contributed by atoms with Crippen molar-refractivity contribution in [2.24, 2.45) is 5.92 Å². The fourth-order valence-corrected chi connectivity index (χ4v) is 4.00. The van der Waals surface area contributed by atoms with E-state index in [1.165, 1.54) is 16.0 Å². The molecule has 1 amide bonds. The summed E-state index contributed by atoms with van der Waals surface area (Å²) in [6.45, 7) is 7.88. The molecular weight excluding hydrogens is 364 g/mol. The molecule has 3 aromatic heterocycles. The minimum Gasteiger partial charge on any atom is -0.355 e. The van der Waals surface area contributed by atoms with Crippen molar-refractivity contribution in [3.63, 3.8) is 0 Å². The third kappa shape index (κ3) is 3.75. The van der Waals surface area contributed by atoms with Crippen molar-refractivity contribution in [3.05, 3.63) is 23.2 Å². The van der Waals surface area contributed by atoms with E-state index in [4.69, 9.17) is 0 Å². The molecule has 4 rings (SSSR count). The Labute approximate surface area is 160 Å². The number of anilines is 2. The lowest BCUT2D eigenvalue weighted by molar-refractivity contribution is -0.120. The Hall–Kier alpha value is -2.62. The maximum Gasteiger partial charge on any atom is 0.229 e. The Balaban J connectivity index is 1.35. The molecule has 1 fully saturated rings. The second-order valence-corrected chi connectivity index (χ2v) is 8.61. The van der Waals surface area contributed by atoms with Crippen LogP contribution >= 0.6 is 11.3 Å². The zero-order valence-corrected chi connectivity index (χ0v) is 16.4. The molecule has 0 aromatic carbocycles. The van der Waals surface area contributed by atoms with Crippen LogP contribution in [0, 0.1) is 5.92 Å². The number of aromatic nitrogens is 6. The summed E-state index contributed by atoms with van der Waals surface area (Å²) in [4.78, 5) is 19.3. The average Bonchev–Trinajstić information content (AvgIpc) is 3.30. The molecule has 1 saturated heterocycles. The Morgan fingerprint density at radius 1 is 1.26 bits per heavy atom. The number of hydrogen-bond acceptors (Lipinski definition) is 8.